The maximum atomic E-state index is 14.3. The molecule has 0 unspecified atom stereocenters. The number of methoxy groups -OCH3 is 1. The lowest BCUT2D eigenvalue weighted by molar-refractivity contribution is 0.414. The summed E-state index contributed by atoms with van der Waals surface area (Å²) in [7, 11) is -2.44. The third-order valence-electron chi connectivity index (χ3n) is 5.60. The maximum Gasteiger partial charge on any atom is 0.261 e. The highest BCUT2D eigenvalue weighted by atomic mass is 32.2. The zero-order valence-electron chi connectivity index (χ0n) is 19.6. The number of hydrogen-bond acceptors (Lipinski definition) is 6. The molecule has 0 atom stereocenters. The number of sulfonamides is 1. The Bertz CT molecular complexity index is 1720. The van der Waals surface area contributed by atoms with Crippen LogP contribution in [0.25, 0.3) is 16.8 Å². The number of nitrogens with zero attached hydrogens (tertiary/aromatic N) is 3. The van der Waals surface area contributed by atoms with Crippen LogP contribution in [0.3, 0.4) is 0 Å². The van der Waals surface area contributed by atoms with E-state index in [1.54, 1.807) is 47.9 Å². The fourth-order valence-corrected chi connectivity index (χ4v) is 4.77. The molecule has 0 aliphatic carbocycles. The Hall–Kier alpha value is -4.51. The number of aromatic nitrogens is 3. The van der Waals surface area contributed by atoms with E-state index in [-0.39, 0.29) is 22.1 Å². The van der Waals surface area contributed by atoms with Crippen LogP contribution in [0.2, 0.25) is 0 Å². The lowest BCUT2D eigenvalue weighted by Gasteiger charge is -2.15. The summed E-state index contributed by atoms with van der Waals surface area (Å²) in [5.74, 6) is -0.406. The first-order chi connectivity index (χ1) is 17.7. The molecule has 1 N–H and O–H groups in total. The number of hydrogen-bond donors (Lipinski definition) is 1. The lowest BCUT2D eigenvalue weighted by atomic mass is 10.1. The quantitative estimate of drug-likeness (QED) is 0.300. The highest BCUT2D eigenvalue weighted by Gasteiger charge is 2.18. The highest BCUT2D eigenvalue weighted by molar-refractivity contribution is 7.92. The fraction of sp³-hybridized carbons (Fsp3) is 0.0769. The van der Waals surface area contributed by atoms with Crippen molar-refractivity contribution in [3.63, 3.8) is 0 Å². The fourth-order valence-electron chi connectivity index (χ4n) is 3.72. The summed E-state index contributed by atoms with van der Waals surface area (Å²) in [6.45, 7) is 1.79. The summed E-state index contributed by atoms with van der Waals surface area (Å²) < 4.78 is 68.9. The average Bonchev–Trinajstić information content (AvgIpc) is 3.26. The first-order valence-electron chi connectivity index (χ1n) is 11.0. The Kier molecular flexibility index (Phi) is 6.22. The number of pyridine rings is 1. The minimum absolute atomic E-state index is 0.0464. The molecule has 0 saturated carbocycles. The van der Waals surface area contributed by atoms with E-state index in [9.17, 15) is 17.2 Å². The van der Waals surface area contributed by atoms with Crippen molar-refractivity contribution in [1.29, 1.82) is 0 Å². The van der Waals surface area contributed by atoms with E-state index >= 15 is 0 Å². The van der Waals surface area contributed by atoms with E-state index in [2.05, 4.69) is 14.9 Å². The van der Waals surface area contributed by atoms with E-state index in [4.69, 9.17) is 9.47 Å². The van der Waals surface area contributed by atoms with Gasteiger partial charge in [-0.25, -0.2) is 17.2 Å². The topological polar surface area (TPSA) is 94.8 Å². The zero-order valence-corrected chi connectivity index (χ0v) is 20.5. The van der Waals surface area contributed by atoms with Gasteiger partial charge in [-0.2, -0.15) is 0 Å². The number of aryl methyl sites for hydroxylation is 1. The van der Waals surface area contributed by atoms with Gasteiger partial charge in [0.05, 0.1) is 12.0 Å². The molecule has 5 aromatic rings. The van der Waals surface area contributed by atoms with Crippen molar-refractivity contribution < 1.29 is 26.7 Å². The molecular formula is C26H20F2N4O4S. The number of benzene rings is 3. The van der Waals surface area contributed by atoms with Crippen LogP contribution < -0.4 is 14.2 Å². The smallest absolute Gasteiger partial charge is 0.261 e. The lowest BCUT2D eigenvalue weighted by Crippen LogP contribution is -2.13. The van der Waals surface area contributed by atoms with E-state index < -0.39 is 21.7 Å². The highest BCUT2D eigenvalue weighted by Crippen LogP contribution is 2.37. The van der Waals surface area contributed by atoms with Gasteiger partial charge < -0.3 is 9.47 Å². The second kappa shape index (κ2) is 9.51. The van der Waals surface area contributed by atoms with Crippen molar-refractivity contribution in [1.82, 2.24) is 14.6 Å². The normalized spacial score (nSPS) is 11.5. The monoisotopic (exact) mass is 522 g/mol. The van der Waals surface area contributed by atoms with Crippen LogP contribution in [-0.4, -0.2) is 30.1 Å². The number of ether oxygens (including phenoxy) is 2. The number of halogens is 2. The molecule has 0 spiro atoms. The van der Waals surface area contributed by atoms with Gasteiger partial charge in [-0.1, -0.05) is 0 Å². The number of fused-ring (bicyclic) bond motifs is 1. The summed E-state index contributed by atoms with van der Waals surface area (Å²) in [6.07, 6.45) is 1.76. The van der Waals surface area contributed by atoms with Crippen molar-refractivity contribution in [3.8, 4) is 28.4 Å². The largest absolute Gasteiger partial charge is 0.497 e. The third-order valence-corrected chi connectivity index (χ3v) is 7.00. The Morgan fingerprint density at radius 2 is 1.65 bits per heavy atom. The Balaban J connectivity index is 1.57. The molecule has 5 rings (SSSR count). The molecule has 0 saturated heterocycles. The van der Waals surface area contributed by atoms with Crippen LogP contribution in [-0.2, 0) is 10.0 Å². The third kappa shape index (κ3) is 4.94. The van der Waals surface area contributed by atoms with Gasteiger partial charge >= 0.3 is 0 Å². The molecule has 0 bridgehead atoms. The van der Waals surface area contributed by atoms with Gasteiger partial charge in [-0.15, -0.1) is 10.2 Å². The van der Waals surface area contributed by atoms with Gasteiger partial charge in [0.25, 0.3) is 10.0 Å². The van der Waals surface area contributed by atoms with Crippen LogP contribution in [0, 0.1) is 18.6 Å². The summed E-state index contributed by atoms with van der Waals surface area (Å²) in [6, 6.07) is 17.0. The summed E-state index contributed by atoms with van der Waals surface area (Å²) in [5, 5.41) is 8.12. The van der Waals surface area contributed by atoms with Gasteiger partial charge in [0, 0.05) is 29.1 Å². The van der Waals surface area contributed by atoms with Gasteiger partial charge in [0.1, 0.15) is 23.1 Å². The predicted molar refractivity (Wildman–Crippen MR) is 133 cm³/mol. The van der Waals surface area contributed by atoms with Crippen LogP contribution in [0.4, 0.5) is 14.5 Å². The molecule has 11 heteroatoms. The average molecular weight is 523 g/mol. The summed E-state index contributed by atoms with van der Waals surface area (Å²) in [5.41, 5.74) is 1.94. The Morgan fingerprint density at radius 3 is 2.38 bits per heavy atom. The standard InChI is InChI=1S/C26H20F2N4O4S/c1-16-29-30-26-12-3-17(15-32(16)26)22-14-19(31-37(33,34)21-8-6-20(35-2)7-9-21)5-11-24(22)36-25-10-4-18(27)13-23(25)28/h3-15,31H,1-2H3. The molecule has 0 aliphatic heterocycles. The predicted octanol–water partition coefficient (Wildman–Crippen LogP) is 5.58. The molecule has 0 fully saturated rings. The number of rotatable bonds is 7. The van der Waals surface area contributed by atoms with E-state index in [1.165, 1.54) is 37.4 Å². The first-order valence-corrected chi connectivity index (χ1v) is 12.5. The molecule has 37 heavy (non-hydrogen) atoms. The van der Waals surface area contributed by atoms with Crippen molar-refractivity contribution in [2.75, 3.05) is 11.8 Å². The Morgan fingerprint density at radius 1 is 0.892 bits per heavy atom. The number of nitrogens with one attached hydrogen (secondary N) is 1. The van der Waals surface area contributed by atoms with Gasteiger partial charge in [-0.3, -0.25) is 9.12 Å². The van der Waals surface area contributed by atoms with Crippen LogP contribution in [0.5, 0.6) is 17.2 Å². The molecule has 8 nitrogen and oxygen atoms in total. The molecule has 2 heterocycles. The van der Waals surface area contributed by atoms with E-state index in [0.29, 0.717) is 28.3 Å². The van der Waals surface area contributed by atoms with E-state index in [1.807, 2.05) is 0 Å². The zero-order chi connectivity index (χ0) is 26.2. The van der Waals surface area contributed by atoms with E-state index in [0.717, 1.165) is 12.1 Å². The Labute approximate surface area is 211 Å². The van der Waals surface area contributed by atoms with Crippen LogP contribution in [0.1, 0.15) is 5.82 Å². The summed E-state index contributed by atoms with van der Waals surface area (Å²) >= 11 is 0. The molecule has 0 amide bonds. The van der Waals surface area contributed by atoms with Crippen molar-refractivity contribution >= 4 is 21.4 Å². The summed E-state index contributed by atoms with van der Waals surface area (Å²) in [4.78, 5) is 0.0464. The van der Waals surface area contributed by atoms with Crippen LogP contribution in [0.15, 0.2) is 83.9 Å². The second-order valence-corrected chi connectivity index (χ2v) is 9.74. The minimum Gasteiger partial charge on any atom is -0.497 e. The van der Waals surface area contributed by atoms with Crippen LogP contribution >= 0.6 is 0 Å². The molecule has 188 valence electrons. The SMILES string of the molecule is COc1ccc(S(=O)(=O)Nc2ccc(Oc3ccc(F)cc3F)c(-c3ccc4nnc(C)n4c3)c2)cc1. The molecule has 3 aromatic carbocycles. The minimum atomic E-state index is -3.93. The van der Waals surface area contributed by atoms with Crippen molar-refractivity contribution in [2.45, 2.75) is 11.8 Å². The maximum absolute atomic E-state index is 14.3. The first kappa shape index (κ1) is 24.2. The van der Waals surface area contributed by atoms with Gasteiger partial charge in [0.15, 0.2) is 17.2 Å². The van der Waals surface area contributed by atoms with Gasteiger partial charge in [0.2, 0.25) is 0 Å². The molecular weight excluding hydrogens is 502 g/mol. The molecule has 0 radical (unpaired) electrons. The number of anilines is 1. The van der Waals surface area contributed by atoms with Crippen molar-refractivity contribution in [2.24, 2.45) is 0 Å². The van der Waals surface area contributed by atoms with Gasteiger partial charge in [-0.05, 0) is 73.7 Å². The molecule has 2 aromatic heterocycles. The molecule has 0 aliphatic rings. The van der Waals surface area contributed by atoms with Crippen molar-refractivity contribution in [3.05, 3.63) is 96.5 Å². The second-order valence-electron chi connectivity index (χ2n) is 8.06.